The standard InChI is InChI=1S/C12H25N3O/c1-4-10-5-6-15(11(7-10)8-13)9(2)12(16)14-3/h9-11H,4-8,13H2,1-3H3,(H,14,16). The Labute approximate surface area is 98.6 Å². The summed E-state index contributed by atoms with van der Waals surface area (Å²) in [5.41, 5.74) is 5.82. The van der Waals surface area contributed by atoms with Crippen LogP contribution in [0.5, 0.6) is 0 Å². The summed E-state index contributed by atoms with van der Waals surface area (Å²) in [6.07, 6.45) is 3.54. The van der Waals surface area contributed by atoms with Gasteiger partial charge in [-0.05, 0) is 32.2 Å². The molecule has 4 heteroatoms. The first-order valence-corrected chi connectivity index (χ1v) is 6.31. The van der Waals surface area contributed by atoms with Crippen LogP contribution in [-0.2, 0) is 4.79 Å². The molecule has 0 bridgehead atoms. The van der Waals surface area contributed by atoms with Gasteiger partial charge in [-0.25, -0.2) is 0 Å². The molecule has 1 rings (SSSR count). The van der Waals surface area contributed by atoms with Gasteiger partial charge in [-0.2, -0.15) is 0 Å². The number of likely N-dealkylation sites (tertiary alicyclic amines) is 1. The van der Waals surface area contributed by atoms with E-state index >= 15 is 0 Å². The zero-order chi connectivity index (χ0) is 12.1. The maximum atomic E-state index is 11.6. The second-order valence-corrected chi connectivity index (χ2v) is 4.72. The van der Waals surface area contributed by atoms with Crippen molar-refractivity contribution in [3.8, 4) is 0 Å². The summed E-state index contributed by atoms with van der Waals surface area (Å²) in [7, 11) is 1.69. The van der Waals surface area contributed by atoms with Gasteiger partial charge in [-0.1, -0.05) is 13.3 Å². The number of carbonyl (C=O) groups excluding carboxylic acids is 1. The second kappa shape index (κ2) is 6.21. The van der Waals surface area contributed by atoms with Crippen molar-refractivity contribution in [2.24, 2.45) is 11.7 Å². The minimum atomic E-state index is -0.0589. The van der Waals surface area contributed by atoms with E-state index in [-0.39, 0.29) is 11.9 Å². The molecule has 0 saturated carbocycles. The lowest BCUT2D eigenvalue weighted by Gasteiger charge is -2.41. The third-order valence-corrected chi connectivity index (χ3v) is 3.84. The molecular formula is C12H25N3O. The van der Waals surface area contributed by atoms with Gasteiger partial charge in [0.2, 0.25) is 5.91 Å². The molecule has 3 atom stereocenters. The van der Waals surface area contributed by atoms with Crippen LogP contribution in [0.1, 0.15) is 33.1 Å². The van der Waals surface area contributed by atoms with Crippen molar-refractivity contribution in [2.75, 3.05) is 20.1 Å². The van der Waals surface area contributed by atoms with Crippen molar-refractivity contribution < 1.29 is 4.79 Å². The predicted molar refractivity (Wildman–Crippen MR) is 66.1 cm³/mol. The molecule has 0 aromatic heterocycles. The van der Waals surface area contributed by atoms with Crippen molar-refractivity contribution in [1.82, 2.24) is 10.2 Å². The molecule has 3 unspecified atom stereocenters. The maximum absolute atomic E-state index is 11.6. The van der Waals surface area contributed by atoms with Gasteiger partial charge in [0, 0.05) is 19.6 Å². The van der Waals surface area contributed by atoms with Crippen molar-refractivity contribution >= 4 is 5.91 Å². The fraction of sp³-hybridized carbons (Fsp3) is 0.917. The van der Waals surface area contributed by atoms with Crippen LogP contribution < -0.4 is 11.1 Å². The van der Waals surface area contributed by atoms with E-state index in [9.17, 15) is 4.79 Å². The SMILES string of the molecule is CCC1CCN(C(C)C(=O)NC)C(CN)C1. The Kier molecular flexibility index (Phi) is 5.22. The molecule has 4 nitrogen and oxygen atoms in total. The minimum Gasteiger partial charge on any atom is -0.358 e. The number of nitrogens with one attached hydrogen (secondary N) is 1. The number of nitrogens with two attached hydrogens (primary N) is 1. The van der Waals surface area contributed by atoms with Crippen molar-refractivity contribution in [3.63, 3.8) is 0 Å². The quantitative estimate of drug-likeness (QED) is 0.738. The highest BCUT2D eigenvalue weighted by molar-refractivity contribution is 5.81. The number of hydrogen-bond donors (Lipinski definition) is 2. The molecule has 3 N–H and O–H groups in total. The van der Waals surface area contributed by atoms with Crippen LogP contribution in [0, 0.1) is 5.92 Å². The Bertz CT molecular complexity index is 232. The molecular weight excluding hydrogens is 202 g/mol. The van der Waals surface area contributed by atoms with Gasteiger partial charge in [-0.15, -0.1) is 0 Å². The number of likely N-dealkylation sites (N-methyl/N-ethyl adjacent to an activating group) is 1. The fourth-order valence-electron chi connectivity index (χ4n) is 2.62. The van der Waals surface area contributed by atoms with Gasteiger partial charge < -0.3 is 11.1 Å². The van der Waals surface area contributed by atoms with Gasteiger partial charge >= 0.3 is 0 Å². The Morgan fingerprint density at radius 3 is 2.81 bits per heavy atom. The van der Waals surface area contributed by atoms with E-state index in [1.807, 2.05) is 6.92 Å². The number of carbonyl (C=O) groups is 1. The molecule has 1 heterocycles. The molecule has 0 aromatic rings. The Morgan fingerprint density at radius 1 is 1.62 bits per heavy atom. The minimum absolute atomic E-state index is 0.0589. The summed E-state index contributed by atoms with van der Waals surface area (Å²) in [6.45, 7) is 5.84. The first-order chi connectivity index (χ1) is 7.63. The van der Waals surface area contributed by atoms with E-state index in [0.717, 1.165) is 18.9 Å². The third kappa shape index (κ3) is 2.95. The summed E-state index contributed by atoms with van der Waals surface area (Å²) < 4.78 is 0. The number of nitrogens with zero attached hydrogens (tertiary/aromatic N) is 1. The van der Waals surface area contributed by atoms with E-state index in [4.69, 9.17) is 5.73 Å². The highest BCUT2D eigenvalue weighted by Crippen LogP contribution is 2.26. The highest BCUT2D eigenvalue weighted by Gasteiger charge is 2.32. The van der Waals surface area contributed by atoms with Crippen LogP contribution in [0.15, 0.2) is 0 Å². The van der Waals surface area contributed by atoms with Gasteiger partial charge in [-0.3, -0.25) is 9.69 Å². The fourth-order valence-corrected chi connectivity index (χ4v) is 2.62. The molecule has 0 radical (unpaired) electrons. The number of amides is 1. The number of hydrogen-bond acceptors (Lipinski definition) is 3. The Hall–Kier alpha value is -0.610. The van der Waals surface area contributed by atoms with Crippen LogP contribution in [0.3, 0.4) is 0 Å². The van der Waals surface area contributed by atoms with Crippen molar-refractivity contribution in [1.29, 1.82) is 0 Å². The lowest BCUT2D eigenvalue weighted by Crippen LogP contribution is -2.54. The molecule has 1 aliphatic heterocycles. The average Bonchev–Trinajstić information content (AvgIpc) is 2.35. The van der Waals surface area contributed by atoms with Crippen LogP contribution in [-0.4, -0.2) is 43.0 Å². The topological polar surface area (TPSA) is 58.4 Å². The molecule has 16 heavy (non-hydrogen) atoms. The van der Waals surface area contributed by atoms with Crippen molar-refractivity contribution in [3.05, 3.63) is 0 Å². The molecule has 94 valence electrons. The van der Waals surface area contributed by atoms with E-state index in [2.05, 4.69) is 17.1 Å². The summed E-state index contributed by atoms with van der Waals surface area (Å²) in [5.74, 6) is 0.870. The van der Waals surface area contributed by atoms with Crippen LogP contribution in [0.4, 0.5) is 0 Å². The lowest BCUT2D eigenvalue weighted by molar-refractivity contribution is -0.127. The van der Waals surface area contributed by atoms with Crippen LogP contribution in [0.25, 0.3) is 0 Å². The van der Waals surface area contributed by atoms with Gasteiger partial charge in [0.15, 0.2) is 0 Å². The monoisotopic (exact) mass is 227 g/mol. The molecule has 1 fully saturated rings. The van der Waals surface area contributed by atoms with E-state index in [1.54, 1.807) is 7.05 Å². The van der Waals surface area contributed by atoms with Gasteiger partial charge in [0.1, 0.15) is 0 Å². The van der Waals surface area contributed by atoms with E-state index in [1.165, 1.54) is 12.8 Å². The largest absolute Gasteiger partial charge is 0.358 e. The van der Waals surface area contributed by atoms with Gasteiger partial charge in [0.25, 0.3) is 0 Å². The smallest absolute Gasteiger partial charge is 0.236 e. The Balaban J connectivity index is 2.62. The van der Waals surface area contributed by atoms with E-state index < -0.39 is 0 Å². The van der Waals surface area contributed by atoms with Crippen LogP contribution >= 0.6 is 0 Å². The molecule has 0 aliphatic carbocycles. The normalized spacial score (nSPS) is 28.8. The first-order valence-electron chi connectivity index (χ1n) is 6.31. The second-order valence-electron chi connectivity index (χ2n) is 4.72. The first kappa shape index (κ1) is 13.5. The zero-order valence-electron chi connectivity index (χ0n) is 10.7. The lowest BCUT2D eigenvalue weighted by atomic mass is 9.88. The number of piperidine rings is 1. The molecule has 1 aliphatic rings. The average molecular weight is 227 g/mol. The van der Waals surface area contributed by atoms with E-state index in [0.29, 0.717) is 12.6 Å². The summed E-state index contributed by atoms with van der Waals surface area (Å²) in [4.78, 5) is 13.9. The van der Waals surface area contributed by atoms with Crippen molar-refractivity contribution in [2.45, 2.75) is 45.2 Å². The zero-order valence-corrected chi connectivity index (χ0v) is 10.7. The molecule has 0 spiro atoms. The number of rotatable bonds is 4. The predicted octanol–water partition coefficient (Wildman–Crippen LogP) is 0.570. The third-order valence-electron chi connectivity index (χ3n) is 3.84. The maximum Gasteiger partial charge on any atom is 0.236 e. The summed E-state index contributed by atoms with van der Waals surface area (Å²) >= 11 is 0. The summed E-state index contributed by atoms with van der Waals surface area (Å²) in [6, 6.07) is 0.308. The van der Waals surface area contributed by atoms with Gasteiger partial charge in [0.05, 0.1) is 6.04 Å². The highest BCUT2D eigenvalue weighted by atomic mass is 16.2. The molecule has 1 saturated heterocycles. The Morgan fingerprint density at radius 2 is 2.31 bits per heavy atom. The molecule has 0 aromatic carbocycles. The van der Waals surface area contributed by atoms with Crippen LogP contribution in [0.2, 0.25) is 0 Å². The molecule has 1 amide bonds. The summed E-state index contributed by atoms with van der Waals surface area (Å²) in [5, 5.41) is 2.71.